The molecular weight excluding hydrogens is 382 g/mol. The summed E-state index contributed by atoms with van der Waals surface area (Å²) < 4.78 is 11.1. The maximum Gasteiger partial charge on any atom is 0.234 e. The molecule has 1 amide bonds. The van der Waals surface area contributed by atoms with E-state index in [0.29, 0.717) is 47.2 Å². The number of nitrogens with one attached hydrogen (secondary N) is 1. The molecule has 0 bridgehead atoms. The van der Waals surface area contributed by atoms with Crippen LogP contribution in [0.2, 0.25) is 5.02 Å². The number of ether oxygens (including phenoxy) is 2. The third-order valence-corrected chi connectivity index (χ3v) is 5.63. The van der Waals surface area contributed by atoms with Crippen molar-refractivity contribution in [1.29, 1.82) is 0 Å². The number of fused-ring (bicyclic) bond motifs is 1. The molecule has 1 aliphatic heterocycles. The summed E-state index contributed by atoms with van der Waals surface area (Å²) in [6.45, 7) is 7.32. The first-order valence-electron chi connectivity index (χ1n) is 9.01. The molecule has 0 unspecified atom stereocenters. The second-order valence-corrected chi connectivity index (χ2v) is 8.23. The van der Waals surface area contributed by atoms with E-state index in [1.54, 1.807) is 11.8 Å². The molecule has 1 heterocycles. The molecule has 144 valence electrons. The molecule has 0 aromatic heterocycles. The molecule has 0 spiro atoms. The Kier molecular flexibility index (Phi) is 6.55. The van der Waals surface area contributed by atoms with Crippen molar-refractivity contribution in [2.45, 2.75) is 32.4 Å². The summed E-state index contributed by atoms with van der Waals surface area (Å²) in [5, 5.41) is 3.63. The first-order chi connectivity index (χ1) is 13.0. The third-order valence-electron chi connectivity index (χ3n) is 4.35. The molecule has 2 aromatic rings. The number of anilines is 1. The summed E-state index contributed by atoms with van der Waals surface area (Å²) in [5.41, 5.74) is 4.19. The lowest BCUT2D eigenvalue weighted by Gasteiger charge is -2.20. The van der Waals surface area contributed by atoms with Gasteiger partial charge in [-0.3, -0.25) is 4.79 Å². The minimum atomic E-state index is -0.000148. The molecule has 6 heteroatoms. The van der Waals surface area contributed by atoms with Gasteiger partial charge in [0.15, 0.2) is 11.5 Å². The number of thioether (sulfide) groups is 1. The van der Waals surface area contributed by atoms with Crippen LogP contribution in [0.1, 0.15) is 36.5 Å². The molecule has 2 aromatic carbocycles. The van der Waals surface area contributed by atoms with Crippen LogP contribution >= 0.6 is 23.4 Å². The van der Waals surface area contributed by atoms with Crippen molar-refractivity contribution in [2.24, 2.45) is 0 Å². The Morgan fingerprint density at radius 2 is 2.04 bits per heavy atom. The Labute approximate surface area is 169 Å². The molecule has 0 aliphatic carbocycles. The smallest absolute Gasteiger partial charge is 0.234 e. The van der Waals surface area contributed by atoms with Gasteiger partial charge in [0.25, 0.3) is 0 Å². The fourth-order valence-electron chi connectivity index (χ4n) is 3.03. The second kappa shape index (κ2) is 8.89. The molecule has 1 aliphatic rings. The van der Waals surface area contributed by atoms with Crippen LogP contribution in [0.5, 0.6) is 11.5 Å². The Morgan fingerprint density at radius 1 is 1.26 bits per heavy atom. The van der Waals surface area contributed by atoms with Gasteiger partial charge in [-0.1, -0.05) is 43.6 Å². The molecule has 0 saturated carbocycles. The average Bonchev–Trinajstić information content (AvgIpc) is 2.63. The number of para-hydroxylation sites is 1. The predicted molar refractivity (Wildman–Crippen MR) is 113 cm³/mol. The molecule has 1 N–H and O–H groups in total. The maximum absolute atomic E-state index is 12.4. The van der Waals surface area contributed by atoms with E-state index >= 15 is 0 Å². The highest BCUT2D eigenvalue weighted by Crippen LogP contribution is 2.39. The molecule has 0 atom stereocenters. The molecule has 0 fully saturated rings. The monoisotopic (exact) mass is 405 g/mol. The quantitative estimate of drug-likeness (QED) is 0.697. The second-order valence-electron chi connectivity index (χ2n) is 6.84. The Balaban J connectivity index is 1.59. The predicted octanol–water partition coefficient (Wildman–Crippen LogP) is 5.41. The van der Waals surface area contributed by atoms with Gasteiger partial charge in [-0.05, 0) is 41.7 Å². The van der Waals surface area contributed by atoms with E-state index in [4.69, 9.17) is 21.1 Å². The molecule has 27 heavy (non-hydrogen) atoms. The zero-order valence-corrected chi connectivity index (χ0v) is 17.4. The zero-order valence-electron chi connectivity index (χ0n) is 15.8. The lowest BCUT2D eigenvalue weighted by Crippen LogP contribution is -2.17. The van der Waals surface area contributed by atoms with Crippen LogP contribution in [0, 0.1) is 6.92 Å². The standard InChI is InChI=1S/C21H24ClNO3S/c1-13(2)16-6-4-5-14(3)20(16)23-19(24)12-27-11-15-9-17(22)21-18(10-15)25-7-8-26-21/h4-6,9-10,13H,7-8,11-12H2,1-3H3,(H,23,24). The number of hydrogen-bond acceptors (Lipinski definition) is 4. The summed E-state index contributed by atoms with van der Waals surface area (Å²) in [6.07, 6.45) is 0. The summed E-state index contributed by atoms with van der Waals surface area (Å²) >= 11 is 7.81. The number of carbonyl (C=O) groups excluding carboxylic acids is 1. The molecule has 3 rings (SSSR count). The van der Waals surface area contributed by atoms with Crippen molar-refractivity contribution in [1.82, 2.24) is 0 Å². The number of amides is 1. The Hall–Kier alpha value is -1.85. The van der Waals surface area contributed by atoms with E-state index in [1.807, 2.05) is 31.2 Å². The Morgan fingerprint density at radius 3 is 2.81 bits per heavy atom. The summed E-state index contributed by atoms with van der Waals surface area (Å²) in [4.78, 5) is 12.4. The van der Waals surface area contributed by atoms with E-state index in [1.165, 1.54) is 0 Å². The van der Waals surface area contributed by atoms with E-state index in [-0.39, 0.29) is 5.91 Å². The van der Waals surface area contributed by atoms with E-state index in [2.05, 4.69) is 25.2 Å². The van der Waals surface area contributed by atoms with Gasteiger partial charge in [-0.25, -0.2) is 0 Å². The van der Waals surface area contributed by atoms with Gasteiger partial charge < -0.3 is 14.8 Å². The van der Waals surface area contributed by atoms with Crippen molar-refractivity contribution in [3.8, 4) is 11.5 Å². The topological polar surface area (TPSA) is 47.6 Å². The van der Waals surface area contributed by atoms with E-state index in [0.717, 1.165) is 22.4 Å². The highest BCUT2D eigenvalue weighted by atomic mass is 35.5. The SMILES string of the molecule is Cc1cccc(C(C)C)c1NC(=O)CSCc1cc(Cl)c2c(c1)OCCO2. The summed E-state index contributed by atoms with van der Waals surface area (Å²) in [7, 11) is 0. The largest absolute Gasteiger partial charge is 0.486 e. The minimum absolute atomic E-state index is 0.000148. The number of aryl methyl sites for hydroxylation is 1. The van der Waals surface area contributed by atoms with Crippen LogP contribution in [0.15, 0.2) is 30.3 Å². The van der Waals surface area contributed by atoms with Crippen LogP contribution in [0.25, 0.3) is 0 Å². The van der Waals surface area contributed by atoms with E-state index in [9.17, 15) is 4.79 Å². The highest BCUT2D eigenvalue weighted by molar-refractivity contribution is 7.99. The van der Waals surface area contributed by atoms with Crippen molar-refractivity contribution in [3.05, 3.63) is 52.0 Å². The molecule has 4 nitrogen and oxygen atoms in total. The van der Waals surface area contributed by atoms with Gasteiger partial charge in [-0.2, -0.15) is 0 Å². The Bertz CT molecular complexity index is 838. The van der Waals surface area contributed by atoms with Gasteiger partial charge in [0.05, 0.1) is 10.8 Å². The zero-order chi connectivity index (χ0) is 19.4. The van der Waals surface area contributed by atoms with Crippen LogP contribution in [-0.2, 0) is 10.5 Å². The van der Waals surface area contributed by atoms with Crippen molar-refractivity contribution in [3.63, 3.8) is 0 Å². The van der Waals surface area contributed by atoms with Gasteiger partial charge >= 0.3 is 0 Å². The lowest BCUT2D eigenvalue weighted by molar-refractivity contribution is -0.113. The van der Waals surface area contributed by atoms with Crippen molar-refractivity contribution in [2.75, 3.05) is 24.3 Å². The van der Waals surface area contributed by atoms with Gasteiger partial charge in [0.1, 0.15) is 13.2 Å². The summed E-state index contributed by atoms with van der Waals surface area (Å²) in [5.74, 6) is 2.69. The van der Waals surface area contributed by atoms with E-state index < -0.39 is 0 Å². The van der Waals surface area contributed by atoms with Gasteiger partial charge in [0, 0.05) is 11.4 Å². The average molecular weight is 406 g/mol. The van der Waals surface area contributed by atoms with Crippen LogP contribution in [0.3, 0.4) is 0 Å². The molecular formula is C21H24ClNO3S. The van der Waals surface area contributed by atoms with Crippen LogP contribution < -0.4 is 14.8 Å². The highest BCUT2D eigenvalue weighted by Gasteiger charge is 2.17. The maximum atomic E-state index is 12.4. The first-order valence-corrected chi connectivity index (χ1v) is 10.5. The number of hydrogen-bond donors (Lipinski definition) is 1. The van der Waals surface area contributed by atoms with Gasteiger partial charge in [-0.15, -0.1) is 11.8 Å². The lowest BCUT2D eigenvalue weighted by atomic mass is 9.98. The normalized spacial score (nSPS) is 12.9. The minimum Gasteiger partial charge on any atom is -0.486 e. The van der Waals surface area contributed by atoms with Gasteiger partial charge in [0.2, 0.25) is 5.91 Å². The molecule has 0 saturated heterocycles. The third kappa shape index (κ3) is 4.90. The number of halogens is 1. The summed E-state index contributed by atoms with van der Waals surface area (Å²) in [6, 6.07) is 9.92. The number of rotatable bonds is 6. The van der Waals surface area contributed by atoms with Crippen molar-refractivity contribution < 1.29 is 14.3 Å². The molecule has 0 radical (unpaired) electrons. The fourth-order valence-corrected chi connectivity index (χ4v) is 4.08. The first kappa shape index (κ1) is 19.9. The van der Waals surface area contributed by atoms with Crippen molar-refractivity contribution >= 4 is 35.0 Å². The fraction of sp³-hybridized carbons (Fsp3) is 0.381. The van der Waals surface area contributed by atoms with Crippen LogP contribution in [-0.4, -0.2) is 24.9 Å². The van der Waals surface area contributed by atoms with Crippen LogP contribution in [0.4, 0.5) is 5.69 Å². The number of carbonyl (C=O) groups is 1. The number of benzene rings is 2.